The van der Waals surface area contributed by atoms with Gasteiger partial charge >= 0.3 is 6.09 Å². The van der Waals surface area contributed by atoms with E-state index in [1.165, 1.54) is 0 Å². The van der Waals surface area contributed by atoms with Crippen LogP contribution < -0.4 is 21.3 Å². The number of hydrogen-bond donors (Lipinski definition) is 6. The van der Waals surface area contributed by atoms with Gasteiger partial charge in [-0.25, -0.2) is 9.89 Å². The van der Waals surface area contributed by atoms with Crippen molar-refractivity contribution in [1.29, 1.82) is 0 Å². The first-order valence-corrected chi connectivity index (χ1v) is 16.7. The Morgan fingerprint density at radius 3 is 2.30 bits per heavy atom. The second-order valence-corrected chi connectivity index (χ2v) is 12.8. The molecule has 6 N–H and O–H groups in total. The fraction of sp³-hybridized carbons (Fsp3) is 0.361. The van der Waals surface area contributed by atoms with E-state index in [1.54, 1.807) is 30.3 Å². The number of rotatable bonds is 14. The van der Waals surface area contributed by atoms with Crippen LogP contribution in [0, 0.1) is 11.8 Å². The Hall–Kier alpha value is -5.63. The molecule has 1 aliphatic carbocycles. The third kappa shape index (κ3) is 10.2. The van der Waals surface area contributed by atoms with Crippen LogP contribution in [0.5, 0.6) is 0 Å². The van der Waals surface area contributed by atoms with Gasteiger partial charge in [0.15, 0.2) is 5.82 Å². The van der Waals surface area contributed by atoms with Gasteiger partial charge in [-0.1, -0.05) is 36.4 Å². The van der Waals surface area contributed by atoms with Gasteiger partial charge in [0.05, 0.1) is 0 Å². The lowest BCUT2D eigenvalue weighted by atomic mass is 9.81. The Morgan fingerprint density at radius 2 is 1.62 bits per heavy atom. The highest BCUT2D eigenvalue weighted by molar-refractivity contribution is 5.98. The molecule has 3 aromatic carbocycles. The number of hydrogen-bond acceptors (Lipinski definition) is 8. The summed E-state index contributed by atoms with van der Waals surface area (Å²) < 4.78 is 0. The first kappa shape index (κ1) is 35.7. The highest BCUT2D eigenvalue weighted by atomic mass is 16.4. The summed E-state index contributed by atoms with van der Waals surface area (Å²) in [5, 5.41) is 34.1. The molecule has 1 saturated carbocycles. The number of nitrogens with zero attached hydrogens (tertiary/aromatic N) is 4. The Morgan fingerprint density at radius 1 is 0.900 bits per heavy atom. The fourth-order valence-electron chi connectivity index (χ4n) is 6.03. The van der Waals surface area contributed by atoms with Crippen LogP contribution in [0.1, 0.15) is 41.6 Å². The molecule has 0 spiro atoms. The van der Waals surface area contributed by atoms with Crippen molar-refractivity contribution in [3.05, 3.63) is 83.9 Å². The number of benzene rings is 3. The van der Waals surface area contributed by atoms with E-state index >= 15 is 0 Å². The third-order valence-corrected chi connectivity index (χ3v) is 8.83. The lowest BCUT2D eigenvalue weighted by molar-refractivity contribution is -0.130. The van der Waals surface area contributed by atoms with Gasteiger partial charge < -0.3 is 31.3 Å². The maximum absolute atomic E-state index is 13.8. The molecule has 1 heterocycles. The van der Waals surface area contributed by atoms with Crippen molar-refractivity contribution in [2.75, 3.05) is 39.0 Å². The normalized spacial score (nSPS) is 16.3. The first-order chi connectivity index (χ1) is 24.1. The Balaban J connectivity index is 1.30. The average molecular weight is 682 g/mol. The maximum Gasteiger partial charge on any atom is 0.404 e. The largest absolute Gasteiger partial charge is 0.465 e. The molecule has 14 heteroatoms. The molecule has 4 aromatic rings. The molecule has 1 atom stereocenters. The summed E-state index contributed by atoms with van der Waals surface area (Å²) in [6, 6.07) is 21.3. The second-order valence-electron chi connectivity index (χ2n) is 12.8. The highest BCUT2D eigenvalue weighted by Crippen LogP contribution is 2.29. The van der Waals surface area contributed by atoms with Crippen LogP contribution in [0.15, 0.2) is 72.8 Å². The van der Waals surface area contributed by atoms with Gasteiger partial charge in [0, 0.05) is 48.8 Å². The molecule has 0 saturated heterocycles. The molecular formula is C36H43N9O5. The predicted molar refractivity (Wildman–Crippen MR) is 188 cm³/mol. The molecule has 5 rings (SSSR count). The lowest BCUT2D eigenvalue weighted by Crippen LogP contribution is -2.48. The van der Waals surface area contributed by atoms with E-state index in [2.05, 4.69) is 41.9 Å². The minimum atomic E-state index is -1.05. The molecule has 1 aromatic heterocycles. The van der Waals surface area contributed by atoms with Crippen LogP contribution >= 0.6 is 0 Å². The minimum Gasteiger partial charge on any atom is -0.465 e. The van der Waals surface area contributed by atoms with Crippen LogP contribution in [0.4, 0.5) is 10.5 Å². The summed E-state index contributed by atoms with van der Waals surface area (Å²) in [4.78, 5) is 53.0. The van der Waals surface area contributed by atoms with Crippen molar-refractivity contribution in [3.63, 3.8) is 0 Å². The number of carbonyl (C=O) groups excluding carboxylic acids is 3. The van der Waals surface area contributed by atoms with Crippen molar-refractivity contribution in [2.24, 2.45) is 11.8 Å². The molecule has 262 valence electrons. The van der Waals surface area contributed by atoms with E-state index in [0.29, 0.717) is 43.0 Å². The summed E-state index contributed by atoms with van der Waals surface area (Å²) in [5.41, 5.74) is 4.41. The van der Waals surface area contributed by atoms with Gasteiger partial charge in [-0.05, 0) is 109 Å². The van der Waals surface area contributed by atoms with Gasteiger partial charge in [0.2, 0.25) is 11.8 Å². The van der Waals surface area contributed by atoms with Crippen LogP contribution in [-0.4, -0.2) is 94.2 Å². The van der Waals surface area contributed by atoms with E-state index in [4.69, 9.17) is 5.11 Å². The van der Waals surface area contributed by atoms with E-state index in [-0.39, 0.29) is 36.0 Å². The van der Waals surface area contributed by atoms with Gasteiger partial charge in [0.25, 0.3) is 5.91 Å². The molecular weight excluding hydrogens is 638 g/mol. The Labute approximate surface area is 290 Å². The zero-order valence-electron chi connectivity index (χ0n) is 28.2. The van der Waals surface area contributed by atoms with Crippen molar-refractivity contribution in [2.45, 2.75) is 38.1 Å². The van der Waals surface area contributed by atoms with Gasteiger partial charge in [0.1, 0.15) is 6.04 Å². The smallest absolute Gasteiger partial charge is 0.404 e. The van der Waals surface area contributed by atoms with E-state index in [9.17, 15) is 19.2 Å². The molecule has 1 fully saturated rings. The average Bonchev–Trinajstić information content (AvgIpc) is 3.66. The lowest BCUT2D eigenvalue weighted by Gasteiger charge is -2.29. The van der Waals surface area contributed by atoms with Crippen LogP contribution in [0.25, 0.3) is 22.5 Å². The number of likely N-dealkylation sites (N-methyl/N-ethyl adjacent to an activating group) is 1. The van der Waals surface area contributed by atoms with Crippen LogP contribution in [0.2, 0.25) is 0 Å². The topological polar surface area (TPSA) is 194 Å². The zero-order chi connectivity index (χ0) is 35.5. The van der Waals surface area contributed by atoms with E-state index in [1.807, 2.05) is 61.5 Å². The van der Waals surface area contributed by atoms with Gasteiger partial charge in [-0.15, -0.1) is 5.10 Å². The number of amides is 4. The van der Waals surface area contributed by atoms with Crippen LogP contribution in [-0.2, 0) is 16.0 Å². The predicted octanol–water partition coefficient (Wildman–Crippen LogP) is 3.57. The molecule has 4 amide bonds. The Kier molecular flexibility index (Phi) is 12.2. The monoisotopic (exact) mass is 681 g/mol. The van der Waals surface area contributed by atoms with Crippen molar-refractivity contribution in [1.82, 2.24) is 41.5 Å². The van der Waals surface area contributed by atoms with Gasteiger partial charge in [-0.2, -0.15) is 0 Å². The molecule has 1 aliphatic rings. The molecule has 14 nitrogen and oxygen atoms in total. The number of anilines is 1. The highest BCUT2D eigenvalue weighted by Gasteiger charge is 2.30. The molecule has 50 heavy (non-hydrogen) atoms. The number of H-pyrrole nitrogens is 1. The van der Waals surface area contributed by atoms with Crippen molar-refractivity contribution in [3.8, 4) is 22.5 Å². The summed E-state index contributed by atoms with van der Waals surface area (Å²) in [6.07, 6.45) is 1.84. The standard InChI is InChI=1S/C36H43N9O5/c1-45(2)18-17-37-33(46)29-8-4-7-28(21-29)27-6-3-5-24(19-27)20-31(40-34(47)26-11-9-23(10-12-26)22-38-36(49)50)35(48)39-30-15-13-25(14-16-30)32-41-43-44-42-32/h3-8,13-16,19,21,23,26,31,38H,9-12,17-18,20,22H2,1-2H3,(H,37,46)(H,39,48)(H,40,47)(H,49,50)(H,41,42,43,44)/t23-,26-,31-/m0/s1. The molecule has 0 aliphatic heterocycles. The zero-order valence-corrected chi connectivity index (χ0v) is 28.2. The molecule has 0 radical (unpaired) electrons. The molecule has 0 unspecified atom stereocenters. The first-order valence-electron chi connectivity index (χ1n) is 16.7. The molecule has 0 bridgehead atoms. The number of aromatic amines is 1. The number of carboxylic acid groups (broad SMARTS) is 1. The maximum atomic E-state index is 13.8. The summed E-state index contributed by atoms with van der Waals surface area (Å²) >= 11 is 0. The van der Waals surface area contributed by atoms with Crippen molar-refractivity contribution >= 4 is 29.5 Å². The summed E-state index contributed by atoms with van der Waals surface area (Å²) in [5.74, 6) is -0.325. The van der Waals surface area contributed by atoms with E-state index < -0.39 is 12.1 Å². The summed E-state index contributed by atoms with van der Waals surface area (Å²) in [7, 11) is 3.90. The van der Waals surface area contributed by atoms with Gasteiger partial charge in [-0.3, -0.25) is 14.4 Å². The number of carbonyl (C=O) groups is 4. The third-order valence-electron chi connectivity index (χ3n) is 8.83. The Bertz CT molecular complexity index is 1750. The van der Waals surface area contributed by atoms with Crippen LogP contribution in [0.3, 0.4) is 0 Å². The van der Waals surface area contributed by atoms with Crippen molar-refractivity contribution < 1.29 is 24.3 Å². The second kappa shape index (κ2) is 17.2. The number of aromatic nitrogens is 4. The number of nitrogens with one attached hydrogen (secondary N) is 5. The summed E-state index contributed by atoms with van der Waals surface area (Å²) in [6.45, 7) is 1.63. The fourth-order valence-corrected chi connectivity index (χ4v) is 6.03. The SMILES string of the molecule is CN(C)CCNC(=O)c1cccc(-c2cccc(C[C@H](NC(=O)[C@H]3CC[C@H](CNC(=O)O)CC3)C(=O)Nc3ccc(-c4nnn[nH]4)cc3)c2)c1. The minimum absolute atomic E-state index is 0.151. The van der Waals surface area contributed by atoms with E-state index in [0.717, 1.165) is 41.6 Å². The number of tetrazole rings is 1. The quantitative estimate of drug-likeness (QED) is 0.115.